The van der Waals surface area contributed by atoms with Gasteiger partial charge in [-0.2, -0.15) is 18.3 Å². The lowest BCUT2D eigenvalue weighted by Gasteiger charge is -2.20. The summed E-state index contributed by atoms with van der Waals surface area (Å²) < 4.78 is 40.8. The zero-order valence-corrected chi connectivity index (χ0v) is 17.1. The van der Waals surface area contributed by atoms with Gasteiger partial charge in [0.25, 0.3) is 5.91 Å². The summed E-state index contributed by atoms with van der Waals surface area (Å²) in [5.74, 6) is -1.21. The average Bonchev–Trinajstić information content (AvgIpc) is 3.22. The van der Waals surface area contributed by atoms with Crippen molar-refractivity contribution in [3.8, 4) is 5.69 Å². The molecular weight excluding hydrogens is 433 g/mol. The summed E-state index contributed by atoms with van der Waals surface area (Å²) >= 11 is 5.87. The lowest BCUT2D eigenvalue weighted by Crippen LogP contribution is -2.38. The summed E-state index contributed by atoms with van der Waals surface area (Å²) in [5, 5.41) is 6.94. The van der Waals surface area contributed by atoms with Crippen molar-refractivity contribution in [2.45, 2.75) is 13.1 Å². The fraction of sp³-hybridized carbons (Fsp3) is 0.190. The van der Waals surface area contributed by atoms with Crippen LogP contribution in [-0.2, 0) is 11.0 Å². The molecule has 0 saturated carbocycles. The molecule has 0 aliphatic carbocycles. The van der Waals surface area contributed by atoms with Crippen molar-refractivity contribution in [3.05, 3.63) is 77.1 Å². The van der Waals surface area contributed by atoms with Gasteiger partial charge in [-0.15, -0.1) is 0 Å². The number of nitrogens with one attached hydrogen (secondary N) is 1. The molecule has 0 aliphatic heterocycles. The number of aromatic nitrogens is 2. The van der Waals surface area contributed by atoms with E-state index in [2.05, 4.69) is 10.4 Å². The third-order valence-corrected chi connectivity index (χ3v) is 4.68. The zero-order chi connectivity index (χ0) is 22.6. The number of carbonyl (C=O) groups is 2. The predicted molar refractivity (Wildman–Crippen MR) is 110 cm³/mol. The van der Waals surface area contributed by atoms with Gasteiger partial charge in [0.2, 0.25) is 5.91 Å². The van der Waals surface area contributed by atoms with Gasteiger partial charge in [-0.1, -0.05) is 23.7 Å². The number of hydrogen-bond acceptors (Lipinski definition) is 3. The highest BCUT2D eigenvalue weighted by Crippen LogP contribution is 2.34. The molecule has 31 heavy (non-hydrogen) atoms. The number of anilines is 1. The normalized spacial score (nSPS) is 11.3. The van der Waals surface area contributed by atoms with E-state index in [-0.39, 0.29) is 17.8 Å². The highest BCUT2D eigenvalue weighted by molar-refractivity contribution is 6.30. The minimum atomic E-state index is -4.61. The predicted octanol–water partition coefficient (Wildman–Crippen LogP) is 4.65. The van der Waals surface area contributed by atoms with Crippen LogP contribution in [0.1, 0.15) is 22.8 Å². The fourth-order valence-electron chi connectivity index (χ4n) is 2.88. The molecule has 162 valence electrons. The van der Waals surface area contributed by atoms with Crippen LogP contribution in [0.2, 0.25) is 5.02 Å². The Bertz CT molecular complexity index is 1080. The van der Waals surface area contributed by atoms with Crippen molar-refractivity contribution >= 4 is 29.1 Å². The van der Waals surface area contributed by atoms with Gasteiger partial charge >= 0.3 is 6.18 Å². The molecule has 0 saturated heterocycles. The van der Waals surface area contributed by atoms with E-state index in [1.165, 1.54) is 34.1 Å². The number of likely N-dealkylation sites (N-methyl/N-ethyl adjacent to an activating group) is 1. The first-order valence-corrected chi connectivity index (χ1v) is 9.62. The van der Waals surface area contributed by atoms with Crippen LogP contribution in [0.25, 0.3) is 5.69 Å². The van der Waals surface area contributed by atoms with Gasteiger partial charge < -0.3 is 10.2 Å². The lowest BCUT2D eigenvalue weighted by atomic mass is 10.1. The monoisotopic (exact) mass is 450 g/mol. The topological polar surface area (TPSA) is 67.2 Å². The smallest absolute Gasteiger partial charge is 0.330 e. The van der Waals surface area contributed by atoms with E-state index in [4.69, 9.17) is 11.6 Å². The molecule has 2 amide bonds. The summed E-state index contributed by atoms with van der Waals surface area (Å²) in [6, 6.07) is 11.5. The van der Waals surface area contributed by atoms with Crippen LogP contribution in [0.3, 0.4) is 0 Å². The van der Waals surface area contributed by atoms with Crippen molar-refractivity contribution in [1.29, 1.82) is 0 Å². The van der Waals surface area contributed by atoms with Gasteiger partial charge in [0.05, 0.1) is 28.7 Å². The Morgan fingerprint density at radius 3 is 2.45 bits per heavy atom. The zero-order valence-electron chi connectivity index (χ0n) is 16.4. The molecule has 3 rings (SSSR count). The molecular formula is C21H18ClF3N4O2. The maximum Gasteiger partial charge on any atom is 0.418 e. The summed E-state index contributed by atoms with van der Waals surface area (Å²) in [6.45, 7) is 1.44. The summed E-state index contributed by atoms with van der Waals surface area (Å²) in [4.78, 5) is 26.3. The van der Waals surface area contributed by atoms with Gasteiger partial charge in [-0.25, -0.2) is 4.68 Å². The molecule has 0 unspecified atom stereocenters. The van der Waals surface area contributed by atoms with Crippen LogP contribution >= 0.6 is 11.6 Å². The molecule has 1 heterocycles. The largest absolute Gasteiger partial charge is 0.418 e. The Kier molecular flexibility index (Phi) is 6.65. The second-order valence-electron chi connectivity index (χ2n) is 6.56. The number of para-hydroxylation sites is 1. The first kappa shape index (κ1) is 22.4. The van der Waals surface area contributed by atoms with Gasteiger partial charge in [-0.3, -0.25) is 9.59 Å². The Morgan fingerprint density at radius 1 is 1.13 bits per heavy atom. The standard InChI is InChI=1S/C21H18ClF3N4O2/c1-2-28(13-19(30)27-18-6-4-3-5-17(18)21(23,24)25)20(31)14-11-26-29(12-14)16-9-7-15(22)8-10-16/h3-12H,2,13H2,1H3,(H,27,30). The van der Waals surface area contributed by atoms with Crippen LogP contribution in [0.5, 0.6) is 0 Å². The van der Waals surface area contributed by atoms with Crippen LogP contribution < -0.4 is 5.32 Å². The molecule has 2 aromatic carbocycles. The van der Waals surface area contributed by atoms with Crippen LogP contribution in [0.15, 0.2) is 60.9 Å². The van der Waals surface area contributed by atoms with E-state index >= 15 is 0 Å². The molecule has 3 aromatic rings. The van der Waals surface area contributed by atoms with E-state index < -0.39 is 30.1 Å². The van der Waals surface area contributed by atoms with E-state index in [1.54, 1.807) is 31.2 Å². The number of amides is 2. The highest BCUT2D eigenvalue weighted by atomic mass is 35.5. The molecule has 0 aliphatic rings. The Balaban J connectivity index is 1.71. The number of hydrogen-bond donors (Lipinski definition) is 1. The number of carbonyl (C=O) groups excluding carboxylic acids is 2. The third kappa shape index (κ3) is 5.43. The van der Waals surface area contributed by atoms with Crippen LogP contribution in [0, 0.1) is 0 Å². The van der Waals surface area contributed by atoms with Gasteiger partial charge in [0, 0.05) is 17.8 Å². The first-order chi connectivity index (χ1) is 14.7. The molecule has 6 nitrogen and oxygen atoms in total. The van der Waals surface area contributed by atoms with Gasteiger partial charge in [-0.05, 0) is 43.3 Å². The van der Waals surface area contributed by atoms with Crippen molar-refractivity contribution in [2.24, 2.45) is 0 Å². The maximum absolute atomic E-state index is 13.1. The minimum Gasteiger partial charge on any atom is -0.330 e. The van der Waals surface area contributed by atoms with Crippen molar-refractivity contribution in [1.82, 2.24) is 14.7 Å². The summed E-state index contributed by atoms with van der Waals surface area (Å²) in [5.41, 5.74) is -0.394. The fourth-order valence-corrected chi connectivity index (χ4v) is 3.01. The van der Waals surface area contributed by atoms with Crippen LogP contribution in [-0.4, -0.2) is 39.6 Å². The number of benzene rings is 2. The molecule has 1 N–H and O–H groups in total. The van der Waals surface area contributed by atoms with Gasteiger partial charge in [0.1, 0.15) is 6.54 Å². The SMILES string of the molecule is CCN(CC(=O)Nc1ccccc1C(F)(F)F)C(=O)c1cnn(-c2ccc(Cl)cc2)c1. The van der Waals surface area contributed by atoms with Crippen molar-refractivity contribution in [3.63, 3.8) is 0 Å². The molecule has 0 fully saturated rings. The molecule has 0 bridgehead atoms. The number of rotatable bonds is 6. The molecule has 0 spiro atoms. The van der Waals surface area contributed by atoms with E-state index in [9.17, 15) is 22.8 Å². The van der Waals surface area contributed by atoms with Crippen molar-refractivity contribution < 1.29 is 22.8 Å². The maximum atomic E-state index is 13.1. The second kappa shape index (κ2) is 9.22. The van der Waals surface area contributed by atoms with E-state index in [1.807, 2.05) is 0 Å². The Hall–Kier alpha value is -3.33. The number of alkyl halides is 3. The van der Waals surface area contributed by atoms with Crippen molar-refractivity contribution in [2.75, 3.05) is 18.4 Å². The van der Waals surface area contributed by atoms with Gasteiger partial charge in [0.15, 0.2) is 0 Å². The number of nitrogens with zero attached hydrogens (tertiary/aromatic N) is 3. The van der Waals surface area contributed by atoms with Crippen LogP contribution in [0.4, 0.5) is 18.9 Å². The molecule has 0 atom stereocenters. The summed E-state index contributed by atoms with van der Waals surface area (Å²) in [6.07, 6.45) is -1.75. The minimum absolute atomic E-state index is 0.180. The molecule has 1 aromatic heterocycles. The molecule has 10 heteroatoms. The average molecular weight is 451 g/mol. The Labute approximate surface area is 181 Å². The van der Waals surface area contributed by atoms with E-state index in [0.29, 0.717) is 10.7 Å². The Morgan fingerprint density at radius 2 is 1.81 bits per heavy atom. The third-order valence-electron chi connectivity index (χ3n) is 4.43. The first-order valence-electron chi connectivity index (χ1n) is 9.25. The lowest BCUT2D eigenvalue weighted by molar-refractivity contribution is -0.137. The summed E-state index contributed by atoms with van der Waals surface area (Å²) in [7, 11) is 0. The second-order valence-corrected chi connectivity index (χ2v) is 7.00. The molecule has 0 radical (unpaired) electrons. The highest BCUT2D eigenvalue weighted by Gasteiger charge is 2.33. The quantitative estimate of drug-likeness (QED) is 0.594. The van der Waals surface area contributed by atoms with E-state index in [0.717, 1.165) is 12.1 Å². The number of halogens is 4.